The van der Waals surface area contributed by atoms with Crippen molar-refractivity contribution in [3.63, 3.8) is 0 Å². The van der Waals surface area contributed by atoms with Crippen molar-refractivity contribution in [2.75, 3.05) is 0 Å². The van der Waals surface area contributed by atoms with Gasteiger partial charge in [0, 0.05) is 11.6 Å². The molecule has 0 atom stereocenters. The zero-order valence-electron chi connectivity index (χ0n) is 14.9. The van der Waals surface area contributed by atoms with Gasteiger partial charge in [0.1, 0.15) is 17.2 Å². The predicted octanol–water partition coefficient (Wildman–Crippen LogP) is 4.92. The molecule has 0 spiro atoms. The van der Waals surface area contributed by atoms with Crippen LogP contribution in [-0.4, -0.2) is 25.4 Å². The quantitative estimate of drug-likeness (QED) is 0.374. The first-order valence-corrected chi connectivity index (χ1v) is 8.56. The normalized spacial score (nSPS) is 10.0. The lowest BCUT2D eigenvalue weighted by atomic mass is 10.0. The minimum Gasteiger partial charge on any atom is -0.508 e. The standard InChI is InChI=1S/C17H13NO2.C6H6O2/c19-15-11-14(12-7-3-1-4-8-12)18-17(20)16(15)13-9-5-2-6-10-13;7-5-1-2-6(8)4-3-5/h1-11H,(H2,18,19,20);1-4,7-8H. The van der Waals surface area contributed by atoms with Crippen LogP contribution in [0.2, 0.25) is 0 Å². The van der Waals surface area contributed by atoms with Crippen LogP contribution in [0.4, 0.5) is 0 Å². The van der Waals surface area contributed by atoms with E-state index < -0.39 is 0 Å². The van der Waals surface area contributed by atoms with Crippen molar-refractivity contribution in [3.8, 4) is 45.5 Å². The molecule has 0 aliphatic heterocycles. The zero-order valence-corrected chi connectivity index (χ0v) is 14.9. The Hall–Kier alpha value is -3.99. The second-order valence-electron chi connectivity index (χ2n) is 5.97. The second kappa shape index (κ2) is 8.60. The van der Waals surface area contributed by atoms with Gasteiger partial charge in [0.2, 0.25) is 5.88 Å². The van der Waals surface area contributed by atoms with Gasteiger partial charge in [-0.25, -0.2) is 4.98 Å². The van der Waals surface area contributed by atoms with Gasteiger partial charge in [-0.3, -0.25) is 0 Å². The number of aromatic hydroxyl groups is 4. The molecule has 0 saturated heterocycles. The summed E-state index contributed by atoms with van der Waals surface area (Å²) in [5, 5.41) is 37.6. The van der Waals surface area contributed by atoms with Crippen molar-refractivity contribution in [2.45, 2.75) is 0 Å². The lowest BCUT2D eigenvalue weighted by Crippen LogP contribution is -1.88. The molecule has 0 bridgehead atoms. The number of phenols is 2. The zero-order chi connectivity index (χ0) is 19.9. The van der Waals surface area contributed by atoms with E-state index in [1.54, 1.807) is 6.07 Å². The Labute approximate surface area is 162 Å². The summed E-state index contributed by atoms with van der Waals surface area (Å²) in [5.41, 5.74) is 2.47. The minimum atomic E-state index is -0.171. The van der Waals surface area contributed by atoms with E-state index in [1.807, 2.05) is 60.7 Å². The summed E-state index contributed by atoms with van der Waals surface area (Å²) in [4.78, 5) is 4.18. The fourth-order valence-corrected chi connectivity index (χ4v) is 2.61. The van der Waals surface area contributed by atoms with Gasteiger partial charge in [-0.05, 0) is 29.8 Å². The number of rotatable bonds is 2. The van der Waals surface area contributed by atoms with Crippen molar-refractivity contribution in [1.29, 1.82) is 0 Å². The van der Waals surface area contributed by atoms with Crippen LogP contribution in [0.15, 0.2) is 91.0 Å². The molecule has 28 heavy (non-hydrogen) atoms. The number of phenolic OH excluding ortho intramolecular Hbond substituents is 2. The number of benzene rings is 3. The van der Waals surface area contributed by atoms with Crippen LogP contribution in [0, 0.1) is 0 Å². The molecule has 0 saturated carbocycles. The fourth-order valence-electron chi connectivity index (χ4n) is 2.61. The second-order valence-corrected chi connectivity index (χ2v) is 5.97. The Kier molecular flexibility index (Phi) is 5.77. The lowest BCUT2D eigenvalue weighted by Gasteiger charge is -2.09. The fraction of sp³-hybridized carbons (Fsp3) is 0. The van der Waals surface area contributed by atoms with Gasteiger partial charge >= 0.3 is 0 Å². The molecule has 5 heteroatoms. The van der Waals surface area contributed by atoms with Crippen molar-refractivity contribution in [2.24, 2.45) is 0 Å². The molecule has 140 valence electrons. The number of aromatic nitrogens is 1. The van der Waals surface area contributed by atoms with Crippen molar-refractivity contribution >= 4 is 0 Å². The average molecular weight is 373 g/mol. The Balaban J connectivity index is 0.000000236. The molecule has 1 aromatic heterocycles. The first-order chi connectivity index (χ1) is 13.5. The largest absolute Gasteiger partial charge is 0.508 e. The molecule has 1 heterocycles. The molecule has 4 aromatic rings. The van der Waals surface area contributed by atoms with E-state index in [0.29, 0.717) is 11.3 Å². The molecule has 4 N–H and O–H groups in total. The number of pyridine rings is 1. The summed E-state index contributed by atoms with van der Waals surface area (Å²) in [6, 6.07) is 25.9. The van der Waals surface area contributed by atoms with Crippen LogP contribution >= 0.6 is 0 Å². The first-order valence-electron chi connectivity index (χ1n) is 8.56. The van der Waals surface area contributed by atoms with E-state index in [4.69, 9.17) is 10.2 Å². The Morgan fingerprint density at radius 3 is 1.46 bits per heavy atom. The van der Waals surface area contributed by atoms with E-state index in [2.05, 4.69) is 4.98 Å². The van der Waals surface area contributed by atoms with Crippen LogP contribution in [0.3, 0.4) is 0 Å². The summed E-state index contributed by atoms with van der Waals surface area (Å²) in [6.45, 7) is 0. The molecule has 0 aliphatic carbocycles. The lowest BCUT2D eigenvalue weighted by molar-refractivity contribution is 0.439. The smallest absolute Gasteiger partial charge is 0.223 e. The van der Waals surface area contributed by atoms with Crippen molar-refractivity contribution < 1.29 is 20.4 Å². The van der Waals surface area contributed by atoms with E-state index in [1.165, 1.54) is 24.3 Å². The molecular formula is C23H19NO4. The molecule has 0 aliphatic rings. The SMILES string of the molecule is Oc1cc(-c2ccccc2)nc(O)c1-c1ccccc1.Oc1ccc(O)cc1. The Morgan fingerprint density at radius 2 is 1.00 bits per heavy atom. The molecule has 3 aromatic carbocycles. The van der Waals surface area contributed by atoms with Gasteiger partial charge in [-0.15, -0.1) is 0 Å². The van der Waals surface area contributed by atoms with Crippen LogP contribution in [0.5, 0.6) is 23.1 Å². The monoisotopic (exact) mass is 373 g/mol. The van der Waals surface area contributed by atoms with Gasteiger partial charge in [0.15, 0.2) is 0 Å². The molecular weight excluding hydrogens is 354 g/mol. The Bertz CT molecular complexity index is 989. The topological polar surface area (TPSA) is 93.8 Å². The maximum atomic E-state index is 10.2. The highest BCUT2D eigenvalue weighted by Gasteiger charge is 2.14. The summed E-state index contributed by atoms with van der Waals surface area (Å²) in [7, 11) is 0. The minimum absolute atomic E-state index is 0.0163. The predicted molar refractivity (Wildman–Crippen MR) is 108 cm³/mol. The number of hydrogen-bond acceptors (Lipinski definition) is 5. The summed E-state index contributed by atoms with van der Waals surface area (Å²) < 4.78 is 0. The molecule has 0 amide bonds. The highest BCUT2D eigenvalue weighted by atomic mass is 16.3. The van der Waals surface area contributed by atoms with Gasteiger partial charge in [-0.2, -0.15) is 0 Å². The molecule has 4 rings (SSSR count). The third kappa shape index (κ3) is 4.59. The van der Waals surface area contributed by atoms with E-state index >= 15 is 0 Å². The summed E-state index contributed by atoms with van der Waals surface area (Å²) in [5.74, 6) is 0.184. The van der Waals surface area contributed by atoms with Gasteiger partial charge in [0.25, 0.3) is 0 Å². The van der Waals surface area contributed by atoms with Gasteiger partial charge in [0.05, 0.1) is 11.3 Å². The van der Waals surface area contributed by atoms with Crippen molar-refractivity contribution in [3.05, 3.63) is 91.0 Å². The van der Waals surface area contributed by atoms with E-state index in [9.17, 15) is 10.2 Å². The van der Waals surface area contributed by atoms with Crippen LogP contribution in [0.1, 0.15) is 0 Å². The molecule has 0 radical (unpaired) electrons. The Morgan fingerprint density at radius 1 is 0.536 bits per heavy atom. The van der Waals surface area contributed by atoms with Crippen LogP contribution in [-0.2, 0) is 0 Å². The third-order valence-corrected chi connectivity index (χ3v) is 3.96. The van der Waals surface area contributed by atoms with Gasteiger partial charge < -0.3 is 20.4 Å². The highest BCUT2D eigenvalue weighted by Crippen LogP contribution is 2.38. The van der Waals surface area contributed by atoms with E-state index in [-0.39, 0.29) is 23.1 Å². The summed E-state index contributed by atoms with van der Waals surface area (Å²) in [6.07, 6.45) is 0. The number of nitrogens with zero attached hydrogens (tertiary/aromatic N) is 1. The molecule has 0 fully saturated rings. The van der Waals surface area contributed by atoms with Crippen LogP contribution in [0.25, 0.3) is 22.4 Å². The average Bonchev–Trinajstić information content (AvgIpc) is 2.72. The highest BCUT2D eigenvalue weighted by molar-refractivity contribution is 5.77. The molecule has 0 unspecified atom stereocenters. The van der Waals surface area contributed by atoms with E-state index in [0.717, 1.165) is 11.1 Å². The molecule has 5 nitrogen and oxygen atoms in total. The van der Waals surface area contributed by atoms with Crippen molar-refractivity contribution in [1.82, 2.24) is 4.98 Å². The summed E-state index contributed by atoms with van der Waals surface area (Å²) >= 11 is 0. The maximum Gasteiger partial charge on any atom is 0.223 e. The van der Waals surface area contributed by atoms with Crippen LogP contribution < -0.4 is 0 Å². The van der Waals surface area contributed by atoms with Gasteiger partial charge in [-0.1, -0.05) is 60.7 Å². The third-order valence-electron chi connectivity index (χ3n) is 3.96. The maximum absolute atomic E-state index is 10.2. The first kappa shape index (κ1) is 18.8. The number of hydrogen-bond donors (Lipinski definition) is 4.